The molecule has 0 amide bonds. The van der Waals surface area contributed by atoms with Crippen LogP contribution in [0.5, 0.6) is 5.75 Å². The van der Waals surface area contributed by atoms with Gasteiger partial charge in [-0.1, -0.05) is 42.8 Å². The largest absolute Gasteiger partial charge is 0.494 e. The van der Waals surface area contributed by atoms with E-state index < -0.39 is 0 Å². The smallest absolute Gasteiger partial charge is 0.345 e. The molecule has 0 spiro atoms. The van der Waals surface area contributed by atoms with E-state index in [0.717, 1.165) is 75.0 Å². The van der Waals surface area contributed by atoms with E-state index in [2.05, 4.69) is 27.9 Å². The molecule has 0 atom stereocenters. The van der Waals surface area contributed by atoms with E-state index in [1.165, 1.54) is 5.69 Å². The van der Waals surface area contributed by atoms with E-state index in [9.17, 15) is 4.79 Å². The number of para-hydroxylation sites is 1. The summed E-state index contributed by atoms with van der Waals surface area (Å²) in [6, 6.07) is 17.9. The molecule has 1 fully saturated rings. The Bertz CT molecular complexity index is 1110. The minimum atomic E-state index is 0. The number of benzene rings is 2. The van der Waals surface area contributed by atoms with Crippen LogP contribution in [-0.2, 0) is 19.5 Å². The zero-order valence-electron chi connectivity index (χ0n) is 21.0. The predicted octanol–water partition coefficient (Wildman–Crippen LogP) is 4.75. The van der Waals surface area contributed by atoms with Crippen LogP contribution in [-0.4, -0.2) is 58.6 Å². The average Bonchev–Trinajstić information content (AvgIpc) is 3.19. The number of hydrogen-bond acceptors (Lipinski definition) is 5. The molecule has 3 aromatic rings. The topological polar surface area (TPSA) is 55.5 Å². The van der Waals surface area contributed by atoms with Gasteiger partial charge in [-0.05, 0) is 56.1 Å². The molecule has 0 unspecified atom stereocenters. The van der Waals surface area contributed by atoms with Gasteiger partial charge in [-0.3, -0.25) is 9.47 Å². The Balaban J connectivity index is 0.00000361. The number of piperazine rings is 1. The van der Waals surface area contributed by atoms with Crippen molar-refractivity contribution in [2.24, 2.45) is 0 Å². The SMILES string of the molecule is CCc1nn(CCCCOc2ccccc2)c(=O)n1CCCN1CCN(c2cccc(Cl)c2)CC1.Cl. The molecule has 4 rings (SSSR count). The molecular weight excluding hydrogens is 497 g/mol. The van der Waals surface area contributed by atoms with E-state index in [4.69, 9.17) is 16.3 Å². The second-order valence-electron chi connectivity index (χ2n) is 8.96. The molecule has 0 radical (unpaired) electrons. The Hall–Kier alpha value is -2.48. The summed E-state index contributed by atoms with van der Waals surface area (Å²) < 4.78 is 9.24. The van der Waals surface area contributed by atoms with Crippen molar-refractivity contribution in [1.82, 2.24) is 19.2 Å². The third kappa shape index (κ3) is 7.76. The molecule has 2 aromatic carbocycles. The summed E-state index contributed by atoms with van der Waals surface area (Å²) in [5, 5.41) is 5.38. The van der Waals surface area contributed by atoms with Crippen LogP contribution in [0.25, 0.3) is 0 Å². The number of hydrogen-bond donors (Lipinski definition) is 0. The van der Waals surface area contributed by atoms with Crippen LogP contribution in [0, 0.1) is 0 Å². The van der Waals surface area contributed by atoms with Crippen LogP contribution >= 0.6 is 24.0 Å². The Morgan fingerprint density at radius 1 is 0.917 bits per heavy atom. The molecule has 9 heteroatoms. The van der Waals surface area contributed by atoms with Crippen molar-refractivity contribution in [3.05, 3.63) is 75.9 Å². The number of halogens is 2. The maximum Gasteiger partial charge on any atom is 0.345 e. The first-order valence-corrected chi connectivity index (χ1v) is 13.1. The first kappa shape index (κ1) is 28.1. The van der Waals surface area contributed by atoms with Gasteiger partial charge >= 0.3 is 5.69 Å². The minimum absolute atomic E-state index is 0. The van der Waals surface area contributed by atoms with Gasteiger partial charge in [-0.15, -0.1) is 12.4 Å². The van der Waals surface area contributed by atoms with E-state index in [0.29, 0.717) is 19.7 Å². The number of nitrogens with zero attached hydrogens (tertiary/aromatic N) is 5. The molecule has 1 aliphatic heterocycles. The fraction of sp³-hybridized carbons (Fsp3) is 0.481. The van der Waals surface area contributed by atoms with Crippen molar-refractivity contribution >= 4 is 29.7 Å². The molecule has 1 saturated heterocycles. The lowest BCUT2D eigenvalue weighted by atomic mass is 10.2. The van der Waals surface area contributed by atoms with Crippen molar-refractivity contribution in [2.75, 3.05) is 44.2 Å². The summed E-state index contributed by atoms with van der Waals surface area (Å²) in [5.41, 5.74) is 1.20. The normalized spacial score (nSPS) is 14.0. The van der Waals surface area contributed by atoms with E-state index in [1.807, 2.05) is 53.1 Å². The number of aryl methyl sites for hydroxylation is 2. The van der Waals surface area contributed by atoms with Gasteiger partial charge in [0, 0.05) is 56.4 Å². The highest BCUT2D eigenvalue weighted by atomic mass is 35.5. The molecule has 2 heterocycles. The number of anilines is 1. The summed E-state index contributed by atoms with van der Waals surface area (Å²) in [6.45, 7) is 9.06. The van der Waals surface area contributed by atoms with Gasteiger partial charge in [0.05, 0.1) is 6.61 Å². The van der Waals surface area contributed by atoms with Gasteiger partial charge in [0.15, 0.2) is 0 Å². The van der Waals surface area contributed by atoms with E-state index in [1.54, 1.807) is 4.68 Å². The first-order valence-electron chi connectivity index (χ1n) is 12.7. The van der Waals surface area contributed by atoms with Gasteiger partial charge in [0.2, 0.25) is 0 Å². The first-order chi connectivity index (χ1) is 17.1. The van der Waals surface area contributed by atoms with Crippen molar-refractivity contribution in [3.63, 3.8) is 0 Å². The van der Waals surface area contributed by atoms with Gasteiger partial charge in [-0.25, -0.2) is 9.48 Å². The van der Waals surface area contributed by atoms with Gasteiger partial charge in [0.25, 0.3) is 0 Å². The highest BCUT2D eigenvalue weighted by Gasteiger charge is 2.18. The Kier molecular flexibility index (Phi) is 11.2. The average molecular weight is 535 g/mol. The lowest BCUT2D eigenvalue weighted by Crippen LogP contribution is -2.46. The lowest BCUT2D eigenvalue weighted by Gasteiger charge is -2.36. The summed E-state index contributed by atoms with van der Waals surface area (Å²) in [6.07, 6.45) is 3.46. The third-order valence-electron chi connectivity index (χ3n) is 6.49. The standard InChI is InChI=1S/C27H36ClN5O2.ClH/c1-2-26-29-33(16-6-7-21-35-25-12-4-3-5-13-25)27(34)32(26)15-9-14-30-17-19-31(20-18-30)24-11-8-10-23(28)22-24;/h3-5,8,10-13,22H,2,6-7,9,14-21H2,1H3;1H. The number of rotatable bonds is 12. The number of unbranched alkanes of at least 4 members (excludes halogenated alkanes) is 1. The highest BCUT2D eigenvalue weighted by Crippen LogP contribution is 2.20. The van der Waals surface area contributed by atoms with Crippen LogP contribution in [0.2, 0.25) is 5.02 Å². The van der Waals surface area contributed by atoms with E-state index >= 15 is 0 Å². The fourth-order valence-electron chi connectivity index (χ4n) is 4.54. The molecule has 1 aromatic heterocycles. The molecule has 1 aliphatic rings. The van der Waals surface area contributed by atoms with Crippen LogP contribution in [0.3, 0.4) is 0 Å². The lowest BCUT2D eigenvalue weighted by molar-refractivity contribution is 0.249. The fourth-order valence-corrected chi connectivity index (χ4v) is 4.73. The van der Waals surface area contributed by atoms with Gasteiger partial charge in [-0.2, -0.15) is 5.10 Å². The number of ether oxygens (including phenoxy) is 1. The number of aromatic nitrogens is 3. The van der Waals surface area contributed by atoms with E-state index in [-0.39, 0.29) is 18.1 Å². The van der Waals surface area contributed by atoms with Crippen molar-refractivity contribution < 1.29 is 4.74 Å². The summed E-state index contributed by atoms with van der Waals surface area (Å²) in [4.78, 5) is 17.8. The second-order valence-corrected chi connectivity index (χ2v) is 9.39. The second kappa shape index (κ2) is 14.3. The molecular formula is C27H37Cl2N5O2. The van der Waals surface area contributed by atoms with Crippen molar-refractivity contribution in [1.29, 1.82) is 0 Å². The van der Waals surface area contributed by atoms with Crippen LogP contribution in [0.1, 0.15) is 32.0 Å². The molecule has 196 valence electrons. The molecule has 0 N–H and O–H groups in total. The molecule has 0 saturated carbocycles. The predicted molar refractivity (Wildman–Crippen MR) is 149 cm³/mol. The zero-order valence-corrected chi connectivity index (χ0v) is 22.6. The molecule has 36 heavy (non-hydrogen) atoms. The summed E-state index contributed by atoms with van der Waals surface area (Å²) >= 11 is 6.15. The zero-order chi connectivity index (χ0) is 24.5. The molecule has 0 aliphatic carbocycles. The Labute approximate surface area is 225 Å². The Morgan fingerprint density at radius 3 is 2.42 bits per heavy atom. The Morgan fingerprint density at radius 2 is 1.69 bits per heavy atom. The summed E-state index contributed by atoms with van der Waals surface area (Å²) in [7, 11) is 0. The quantitative estimate of drug-likeness (QED) is 0.314. The van der Waals surface area contributed by atoms with Crippen molar-refractivity contribution in [2.45, 2.75) is 45.7 Å². The van der Waals surface area contributed by atoms with Crippen LogP contribution < -0.4 is 15.3 Å². The van der Waals surface area contributed by atoms with Gasteiger partial charge in [0.1, 0.15) is 11.6 Å². The minimum Gasteiger partial charge on any atom is -0.494 e. The molecule has 0 bridgehead atoms. The van der Waals surface area contributed by atoms with Crippen LogP contribution in [0.4, 0.5) is 5.69 Å². The molecule has 7 nitrogen and oxygen atoms in total. The van der Waals surface area contributed by atoms with Crippen LogP contribution in [0.15, 0.2) is 59.4 Å². The highest BCUT2D eigenvalue weighted by molar-refractivity contribution is 6.30. The maximum absolute atomic E-state index is 12.9. The van der Waals surface area contributed by atoms with Gasteiger partial charge < -0.3 is 9.64 Å². The summed E-state index contributed by atoms with van der Waals surface area (Å²) in [5.74, 6) is 1.76. The monoisotopic (exact) mass is 533 g/mol. The maximum atomic E-state index is 12.9. The van der Waals surface area contributed by atoms with Crippen molar-refractivity contribution in [3.8, 4) is 5.75 Å². The third-order valence-corrected chi connectivity index (χ3v) is 6.73.